The molecule has 0 radical (unpaired) electrons. The van der Waals surface area contributed by atoms with Gasteiger partial charge in [-0.1, -0.05) is 36.0 Å². The van der Waals surface area contributed by atoms with Gasteiger partial charge in [-0.15, -0.1) is 10.2 Å². The van der Waals surface area contributed by atoms with Gasteiger partial charge in [0.15, 0.2) is 6.61 Å². The van der Waals surface area contributed by atoms with Crippen molar-refractivity contribution < 1.29 is 18.3 Å². The SMILES string of the molecule is Cc1ccc(F)cc1NC(=O)CSc1nnc(COc2c(C)cccc2C)o1. The van der Waals surface area contributed by atoms with Crippen LogP contribution >= 0.6 is 11.8 Å². The quantitative estimate of drug-likeness (QED) is 0.590. The van der Waals surface area contributed by atoms with Gasteiger partial charge in [0.25, 0.3) is 11.1 Å². The Labute approximate surface area is 166 Å². The van der Waals surface area contributed by atoms with E-state index in [2.05, 4.69) is 15.5 Å². The molecule has 1 aromatic heterocycles. The highest BCUT2D eigenvalue weighted by atomic mass is 32.2. The van der Waals surface area contributed by atoms with E-state index in [4.69, 9.17) is 9.15 Å². The molecule has 0 spiro atoms. The average Bonchev–Trinajstić information content (AvgIpc) is 3.10. The lowest BCUT2D eigenvalue weighted by molar-refractivity contribution is -0.113. The summed E-state index contributed by atoms with van der Waals surface area (Å²) >= 11 is 1.11. The van der Waals surface area contributed by atoms with Crippen molar-refractivity contribution in [3.8, 4) is 5.75 Å². The third-order valence-electron chi connectivity index (χ3n) is 4.00. The second-order valence-electron chi connectivity index (χ2n) is 6.27. The van der Waals surface area contributed by atoms with E-state index in [9.17, 15) is 9.18 Å². The molecule has 146 valence electrons. The fourth-order valence-electron chi connectivity index (χ4n) is 2.56. The molecular weight excluding hydrogens is 381 g/mol. The lowest BCUT2D eigenvalue weighted by Gasteiger charge is -2.09. The number of carbonyl (C=O) groups is 1. The monoisotopic (exact) mass is 401 g/mol. The lowest BCUT2D eigenvalue weighted by Crippen LogP contribution is -2.15. The molecular formula is C20H20FN3O3S. The number of amides is 1. The number of hydrogen-bond acceptors (Lipinski definition) is 6. The number of aryl methyl sites for hydroxylation is 3. The molecule has 0 atom stereocenters. The molecule has 1 N–H and O–H groups in total. The summed E-state index contributed by atoms with van der Waals surface area (Å²) in [4.78, 5) is 12.1. The molecule has 2 aromatic carbocycles. The molecule has 0 saturated heterocycles. The molecule has 0 aliphatic carbocycles. The summed E-state index contributed by atoms with van der Waals surface area (Å²) in [7, 11) is 0. The number of benzene rings is 2. The number of halogens is 1. The Hall–Kier alpha value is -2.87. The maximum atomic E-state index is 13.3. The van der Waals surface area contributed by atoms with E-state index in [-0.39, 0.29) is 23.5 Å². The minimum atomic E-state index is -0.404. The topological polar surface area (TPSA) is 77.2 Å². The van der Waals surface area contributed by atoms with Crippen LogP contribution in [0.3, 0.4) is 0 Å². The number of anilines is 1. The maximum Gasteiger partial charge on any atom is 0.277 e. The Kier molecular flexibility index (Phi) is 6.30. The van der Waals surface area contributed by atoms with Gasteiger partial charge >= 0.3 is 0 Å². The molecule has 0 aliphatic heterocycles. The summed E-state index contributed by atoms with van der Waals surface area (Å²) < 4.78 is 24.6. The van der Waals surface area contributed by atoms with E-state index in [0.29, 0.717) is 11.6 Å². The predicted octanol–water partition coefficient (Wildman–Crippen LogP) is 4.44. The molecule has 1 heterocycles. The van der Waals surface area contributed by atoms with E-state index in [0.717, 1.165) is 34.2 Å². The highest BCUT2D eigenvalue weighted by Crippen LogP contribution is 2.24. The van der Waals surface area contributed by atoms with Gasteiger partial charge in [0.1, 0.15) is 11.6 Å². The average molecular weight is 401 g/mol. The Bertz CT molecular complexity index is 970. The van der Waals surface area contributed by atoms with Crippen LogP contribution < -0.4 is 10.1 Å². The van der Waals surface area contributed by atoms with Gasteiger partial charge in [-0.3, -0.25) is 4.79 Å². The first-order valence-electron chi connectivity index (χ1n) is 8.62. The second kappa shape index (κ2) is 8.88. The van der Waals surface area contributed by atoms with E-state index in [1.165, 1.54) is 12.1 Å². The van der Waals surface area contributed by atoms with Gasteiger partial charge in [0, 0.05) is 5.69 Å². The van der Waals surface area contributed by atoms with Crippen molar-refractivity contribution >= 4 is 23.4 Å². The minimum Gasteiger partial charge on any atom is -0.483 e. The highest BCUT2D eigenvalue weighted by molar-refractivity contribution is 7.99. The van der Waals surface area contributed by atoms with Gasteiger partial charge in [-0.25, -0.2) is 4.39 Å². The van der Waals surface area contributed by atoms with Gasteiger partial charge in [-0.05, 0) is 49.6 Å². The normalized spacial score (nSPS) is 10.7. The number of ether oxygens (including phenoxy) is 1. The number of aromatic nitrogens is 2. The molecule has 0 saturated carbocycles. The number of hydrogen-bond donors (Lipinski definition) is 1. The minimum absolute atomic E-state index is 0.0648. The van der Waals surface area contributed by atoms with Crippen molar-refractivity contribution in [2.75, 3.05) is 11.1 Å². The zero-order valence-corrected chi connectivity index (χ0v) is 16.6. The molecule has 3 aromatic rings. The van der Waals surface area contributed by atoms with Crippen LogP contribution in [0.4, 0.5) is 10.1 Å². The van der Waals surface area contributed by atoms with Crippen molar-refractivity contribution in [2.24, 2.45) is 0 Å². The summed E-state index contributed by atoms with van der Waals surface area (Å²) in [6.07, 6.45) is 0. The molecule has 0 aliphatic rings. The summed E-state index contributed by atoms with van der Waals surface area (Å²) in [5.74, 6) is 0.491. The van der Waals surface area contributed by atoms with Crippen molar-refractivity contribution in [1.82, 2.24) is 10.2 Å². The summed E-state index contributed by atoms with van der Waals surface area (Å²) in [6.45, 7) is 5.88. The van der Waals surface area contributed by atoms with Crippen LogP contribution in [-0.2, 0) is 11.4 Å². The number of carbonyl (C=O) groups excluding carboxylic acids is 1. The summed E-state index contributed by atoms with van der Waals surface area (Å²) in [6, 6.07) is 10.1. The standard InChI is InChI=1S/C20H20FN3O3S/c1-12-7-8-15(21)9-16(12)22-17(25)11-28-20-24-23-18(27-20)10-26-19-13(2)5-4-6-14(19)3/h4-9H,10-11H2,1-3H3,(H,22,25). The van der Waals surface area contributed by atoms with E-state index in [1.54, 1.807) is 13.0 Å². The molecule has 3 rings (SSSR count). The fraction of sp³-hybridized carbons (Fsp3) is 0.250. The Balaban J connectivity index is 1.52. The summed E-state index contributed by atoms with van der Waals surface area (Å²) in [5.41, 5.74) is 3.28. The van der Waals surface area contributed by atoms with Crippen LogP contribution in [0.2, 0.25) is 0 Å². The fourth-order valence-corrected chi connectivity index (χ4v) is 3.14. The van der Waals surface area contributed by atoms with Crippen LogP contribution in [0.1, 0.15) is 22.6 Å². The molecule has 0 unspecified atom stereocenters. The number of para-hydroxylation sites is 1. The molecule has 6 nitrogen and oxygen atoms in total. The van der Waals surface area contributed by atoms with Crippen LogP contribution in [0.15, 0.2) is 46.0 Å². The van der Waals surface area contributed by atoms with E-state index < -0.39 is 5.82 Å². The Morgan fingerprint density at radius 2 is 1.89 bits per heavy atom. The first-order chi connectivity index (χ1) is 13.4. The Morgan fingerprint density at radius 3 is 2.64 bits per heavy atom. The first-order valence-corrected chi connectivity index (χ1v) is 9.61. The maximum absolute atomic E-state index is 13.3. The zero-order chi connectivity index (χ0) is 20.1. The number of nitrogens with zero attached hydrogens (tertiary/aromatic N) is 2. The Morgan fingerprint density at radius 1 is 1.14 bits per heavy atom. The predicted molar refractivity (Wildman–Crippen MR) is 105 cm³/mol. The number of nitrogens with one attached hydrogen (secondary N) is 1. The largest absolute Gasteiger partial charge is 0.483 e. The molecule has 0 bridgehead atoms. The van der Waals surface area contributed by atoms with Crippen LogP contribution in [0.5, 0.6) is 5.75 Å². The van der Waals surface area contributed by atoms with Crippen LogP contribution in [-0.4, -0.2) is 21.9 Å². The van der Waals surface area contributed by atoms with Crippen LogP contribution in [0.25, 0.3) is 0 Å². The molecule has 28 heavy (non-hydrogen) atoms. The lowest BCUT2D eigenvalue weighted by atomic mass is 10.1. The van der Waals surface area contributed by atoms with Gasteiger partial charge in [0.05, 0.1) is 5.75 Å². The highest BCUT2D eigenvalue weighted by Gasteiger charge is 2.12. The van der Waals surface area contributed by atoms with Gasteiger partial charge in [0.2, 0.25) is 5.91 Å². The van der Waals surface area contributed by atoms with Gasteiger partial charge in [-0.2, -0.15) is 0 Å². The number of rotatable bonds is 7. The third kappa shape index (κ3) is 5.10. The molecule has 1 amide bonds. The molecule has 0 fully saturated rings. The first kappa shape index (κ1) is 19.9. The van der Waals surface area contributed by atoms with E-state index in [1.807, 2.05) is 32.0 Å². The van der Waals surface area contributed by atoms with Gasteiger partial charge < -0.3 is 14.5 Å². The van der Waals surface area contributed by atoms with Crippen molar-refractivity contribution in [3.63, 3.8) is 0 Å². The second-order valence-corrected chi connectivity index (χ2v) is 7.19. The zero-order valence-electron chi connectivity index (χ0n) is 15.8. The van der Waals surface area contributed by atoms with Crippen molar-refractivity contribution in [1.29, 1.82) is 0 Å². The smallest absolute Gasteiger partial charge is 0.277 e. The third-order valence-corrected chi connectivity index (χ3v) is 4.82. The number of thioether (sulfide) groups is 1. The summed E-state index contributed by atoms with van der Waals surface area (Å²) in [5, 5.41) is 10.8. The van der Waals surface area contributed by atoms with Crippen LogP contribution in [0, 0.1) is 26.6 Å². The van der Waals surface area contributed by atoms with Crippen molar-refractivity contribution in [2.45, 2.75) is 32.6 Å². The molecule has 8 heteroatoms. The van der Waals surface area contributed by atoms with Crippen molar-refractivity contribution in [3.05, 3.63) is 64.8 Å². The van der Waals surface area contributed by atoms with E-state index >= 15 is 0 Å².